The zero-order chi connectivity index (χ0) is 55.7. The van der Waals surface area contributed by atoms with Gasteiger partial charge in [-0.25, -0.2) is 0 Å². The predicted molar refractivity (Wildman–Crippen MR) is 334 cm³/mol. The first kappa shape index (κ1) is 73.1. The van der Waals surface area contributed by atoms with E-state index in [-0.39, 0.29) is 31.6 Å². The highest BCUT2D eigenvalue weighted by atomic mass is 16.6. The van der Waals surface area contributed by atoms with Gasteiger partial charge < -0.3 is 14.2 Å². The van der Waals surface area contributed by atoms with Gasteiger partial charge in [-0.2, -0.15) is 0 Å². The molecule has 0 radical (unpaired) electrons. The molecule has 0 bridgehead atoms. The summed E-state index contributed by atoms with van der Waals surface area (Å²) in [7, 11) is 0. The second-order valence-corrected chi connectivity index (χ2v) is 21.3. The van der Waals surface area contributed by atoms with Crippen LogP contribution in [0.3, 0.4) is 0 Å². The van der Waals surface area contributed by atoms with E-state index in [1.165, 1.54) is 161 Å². The fraction of sp³-hybridized carbons (Fsp3) is 0.704. The quantitative estimate of drug-likeness (QED) is 0.0261. The number of allylic oxidation sites excluding steroid dienone is 18. The minimum absolute atomic E-state index is 0.109. The van der Waals surface area contributed by atoms with Gasteiger partial charge in [-0.15, -0.1) is 0 Å². The maximum absolute atomic E-state index is 12.9. The normalized spacial score (nSPS) is 12.8. The first-order chi connectivity index (χ1) is 38.0. The molecule has 0 aromatic heterocycles. The third-order valence-corrected chi connectivity index (χ3v) is 13.8. The summed E-state index contributed by atoms with van der Waals surface area (Å²) in [6.07, 6.45) is 88.2. The fourth-order valence-corrected chi connectivity index (χ4v) is 8.95. The van der Waals surface area contributed by atoms with Gasteiger partial charge in [0.15, 0.2) is 6.10 Å². The van der Waals surface area contributed by atoms with E-state index in [4.69, 9.17) is 14.2 Å². The molecule has 77 heavy (non-hydrogen) atoms. The molecule has 440 valence electrons. The van der Waals surface area contributed by atoms with Gasteiger partial charge in [0, 0.05) is 19.3 Å². The maximum atomic E-state index is 12.9. The van der Waals surface area contributed by atoms with Crippen molar-refractivity contribution in [1.82, 2.24) is 0 Å². The number of carbonyl (C=O) groups excluding carboxylic acids is 3. The van der Waals surface area contributed by atoms with Gasteiger partial charge in [0.05, 0.1) is 0 Å². The largest absolute Gasteiger partial charge is 0.462 e. The van der Waals surface area contributed by atoms with E-state index >= 15 is 0 Å². The number of rotatable bonds is 58. The van der Waals surface area contributed by atoms with Crippen LogP contribution in [0.1, 0.15) is 303 Å². The Morgan fingerprint density at radius 3 is 0.844 bits per heavy atom. The first-order valence-electron chi connectivity index (χ1n) is 32.4. The molecule has 0 aliphatic rings. The molecule has 0 saturated heterocycles. The summed E-state index contributed by atoms with van der Waals surface area (Å²) in [6.45, 7) is 6.48. The summed E-state index contributed by atoms with van der Waals surface area (Å²) in [4.78, 5) is 38.3. The van der Waals surface area contributed by atoms with Crippen LogP contribution in [0.25, 0.3) is 0 Å². The molecule has 0 aliphatic carbocycles. The van der Waals surface area contributed by atoms with Crippen molar-refractivity contribution in [1.29, 1.82) is 0 Å². The Balaban J connectivity index is 4.48. The fourth-order valence-electron chi connectivity index (χ4n) is 8.95. The van der Waals surface area contributed by atoms with Crippen molar-refractivity contribution in [3.63, 3.8) is 0 Å². The molecule has 6 heteroatoms. The smallest absolute Gasteiger partial charge is 0.306 e. The standard InChI is InChI=1S/C71H120O6/c1-4-7-10-13-16-19-22-25-28-31-33-34-35-36-38-40-43-46-49-52-55-58-61-64-70(73)76-67-68(66-75-69(72)63-60-57-54-51-48-45-42-39-30-27-24-21-18-15-12-9-6-3)77-71(74)65-62-59-56-53-50-47-44-41-37-32-29-26-23-20-17-14-11-8-5-2/h8,11,17,20,22,25-26,29,31,33,35-37,41,47,50,56,59,68H,4-7,9-10,12-16,18-19,21,23-24,27-28,30,32,34,38-40,42-46,48-49,51-55,57-58,60-67H2,1-3H3/b11-8-,20-17-,25-22-,29-26-,33-31-,36-35-,41-37-,50-47-,59-56-. The third-order valence-electron chi connectivity index (χ3n) is 13.8. The lowest BCUT2D eigenvalue weighted by atomic mass is 10.0. The number of unbranched alkanes of at least 4 members (excludes halogenated alkanes) is 29. The molecule has 1 unspecified atom stereocenters. The maximum Gasteiger partial charge on any atom is 0.306 e. The van der Waals surface area contributed by atoms with E-state index in [0.717, 1.165) is 96.3 Å². The molecule has 0 spiro atoms. The van der Waals surface area contributed by atoms with Crippen LogP contribution in [-0.2, 0) is 28.6 Å². The molecule has 0 N–H and O–H groups in total. The van der Waals surface area contributed by atoms with E-state index in [1.807, 2.05) is 6.08 Å². The van der Waals surface area contributed by atoms with E-state index < -0.39 is 12.1 Å². The molecule has 0 aliphatic heterocycles. The van der Waals surface area contributed by atoms with E-state index in [2.05, 4.69) is 124 Å². The zero-order valence-electron chi connectivity index (χ0n) is 50.4. The second-order valence-electron chi connectivity index (χ2n) is 21.3. The Kier molecular flexibility index (Phi) is 61.3. The van der Waals surface area contributed by atoms with Crippen LogP contribution >= 0.6 is 0 Å². The summed E-state index contributed by atoms with van der Waals surface area (Å²) in [5.74, 6) is -0.992. The van der Waals surface area contributed by atoms with Crippen molar-refractivity contribution < 1.29 is 28.6 Å². The number of hydrogen-bond donors (Lipinski definition) is 0. The Labute approximate surface area is 476 Å². The molecule has 6 nitrogen and oxygen atoms in total. The lowest BCUT2D eigenvalue weighted by Crippen LogP contribution is -2.30. The Morgan fingerprint density at radius 1 is 0.273 bits per heavy atom. The highest BCUT2D eigenvalue weighted by Gasteiger charge is 2.19. The van der Waals surface area contributed by atoms with Gasteiger partial charge in [-0.1, -0.05) is 297 Å². The Hall–Kier alpha value is -3.93. The molecular weight excluding hydrogens is 949 g/mol. The minimum atomic E-state index is -0.824. The van der Waals surface area contributed by atoms with Gasteiger partial charge in [0.25, 0.3) is 0 Å². The lowest BCUT2D eigenvalue weighted by Gasteiger charge is -2.18. The summed E-state index contributed by atoms with van der Waals surface area (Å²) in [5, 5.41) is 0. The van der Waals surface area contributed by atoms with Crippen molar-refractivity contribution in [2.45, 2.75) is 309 Å². The average molecular weight is 1070 g/mol. The summed E-state index contributed by atoms with van der Waals surface area (Å²) in [5.41, 5.74) is 0. The van der Waals surface area contributed by atoms with Crippen molar-refractivity contribution in [3.8, 4) is 0 Å². The molecular formula is C71H120O6. The highest BCUT2D eigenvalue weighted by molar-refractivity contribution is 5.71. The Bertz CT molecular complexity index is 1560. The summed E-state index contributed by atoms with van der Waals surface area (Å²) in [6, 6.07) is 0. The SMILES string of the molecule is CC/C=C\C/C=C\C/C=C\C/C=C\C/C=C\C/C=C\CCC(=O)OC(COC(=O)CCCCCCCCCC/C=C\C/C=C\C/C=C\CCCCCCC)COC(=O)CCCCCCCCCCCCCCCCCCC. The van der Waals surface area contributed by atoms with Crippen LogP contribution in [0.5, 0.6) is 0 Å². The summed E-state index contributed by atoms with van der Waals surface area (Å²) >= 11 is 0. The van der Waals surface area contributed by atoms with Crippen LogP contribution in [0.15, 0.2) is 109 Å². The van der Waals surface area contributed by atoms with Crippen molar-refractivity contribution >= 4 is 17.9 Å². The average Bonchev–Trinajstić information content (AvgIpc) is 3.43. The van der Waals surface area contributed by atoms with Crippen molar-refractivity contribution in [2.75, 3.05) is 13.2 Å². The molecule has 0 rings (SSSR count). The van der Waals surface area contributed by atoms with E-state index in [9.17, 15) is 14.4 Å². The first-order valence-corrected chi connectivity index (χ1v) is 32.4. The van der Waals surface area contributed by atoms with Crippen LogP contribution in [-0.4, -0.2) is 37.2 Å². The predicted octanol–water partition coefficient (Wildman–Crippen LogP) is 22.2. The molecule has 0 aromatic carbocycles. The molecule has 0 fully saturated rings. The highest BCUT2D eigenvalue weighted by Crippen LogP contribution is 2.16. The number of carbonyl (C=O) groups is 3. The van der Waals surface area contributed by atoms with Crippen LogP contribution < -0.4 is 0 Å². The van der Waals surface area contributed by atoms with Crippen LogP contribution in [0, 0.1) is 0 Å². The third kappa shape index (κ3) is 62.8. The van der Waals surface area contributed by atoms with Crippen molar-refractivity contribution in [3.05, 3.63) is 109 Å². The lowest BCUT2D eigenvalue weighted by molar-refractivity contribution is -0.166. The monoisotopic (exact) mass is 1070 g/mol. The molecule has 0 saturated carbocycles. The molecule has 0 aromatic rings. The van der Waals surface area contributed by atoms with Gasteiger partial charge >= 0.3 is 17.9 Å². The molecule has 0 heterocycles. The van der Waals surface area contributed by atoms with E-state index in [1.54, 1.807) is 0 Å². The zero-order valence-corrected chi connectivity index (χ0v) is 50.4. The van der Waals surface area contributed by atoms with Gasteiger partial charge in [0.2, 0.25) is 0 Å². The second kappa shape index (κ2) is 64.6. The van der Waals surface area contributed by atoms with Crippen LogP contribution in [0.4, 0.5) is 0 Å². The Morgan fingerprint density at radius 2 is 0.532 bits per heavy atom. The minimum Gasteiger partial charge on any atom is -0.462 e. The number of esters is 3. The van der Waals surface area contributed by atoms with Crippen LogP contribution in [0.2, 0.25) is 0 Å². The van der Waals surface area contributed by atoms with Gasteiger partial charge in [0.1, 0.15) is 13.2 Å². The van der Waals surface area contributed by atoms with Gasteiger partial charge in [-0.3, -0.25) is 14.4 Å². The van der Waals surface area contributed by atoms with E-state index in [0.29, 0.717) is 19.3 Å². The number of ether oxygens (including phenoxy) is 3. The van der Waals surface area contributed by atoms with Gasteiger partial charge in [-0.05, 0) is 96.3 Å². The van der Waals surface area contributed by atoms with Crippen molar-refractivity contribution in [2.24, 2.45) is 0 Å². The molecule has 1 atom stereocenters. The summed E-state index contributed by atoms with van der Waals surface area (Å²) < 4.78 is 16.9. The number of hydrogen-bond acceptors (Lipinski definition) is 6. The topological polar surface area (TPSA) is 78.9 Å². The molecule has 0 amide bonds.